The summed E-state index contributed by atoms with van der Waals surface area (Å²) in [4.78, 5) is 2.29. The maximum Gasteiger partial charge on any atom is 0.0541 e. The molecule has 0 atom stereocenters. The molecule has 0 fully saturated rings. The Labute approximate surface area is 236 Å². The largest absolute Gasteiger partial charge is 0.311 e. The smallest absolute Gasteiger partial charge is 0.0541 e. The third kappa shape index (κ3) is 4.31. The fraction of sp³-hybridized carbons (Fsp3) is 0. The van der Waals surface area contributed by atoms with Crippen molar-refractivity contribution in [3.8, 4) is 16.8 Å². The Kier molecular flexibility index (Phi) is 5.99. The van der Waals surface area contributed by atoms with Crippen LogP contribution in [0.2, 0.25) is 0 Å². The van der Waals surface area contributed by atoms with Crippen molar-refractivity contribution < 1.29 is 0 Å². The average Bonchev–Trinajstić information content (AvgIpc) is 3.32. The Hall–Kier alpha value is -4.60. The van der Waals surface area contributed by atoms with E-state index >= 15 is 0 Å². The molecular formula is C36H25BrN2. The van der Waals surface area contributed by atoms with Crippen molar-refractivity contribution in [3.63, 3.8) is 0 Å². The number of fused-ring (bicyclic) bond motifs is 3. The molecule has 0 N–H and O–H groups in total. The van der Waals surface area contributed by atoms with E-state index in [9.17, 15) is 0 Å². The van der Waals surface area contributed by atoms with E-state index in [-0.39, 0.29) is 0 Å². The molecule has 0 saturated heterocycles. The number of anilines is 3. The monoisotopic (exact) mass is 564 g/mol. The molecule has 1 aromatic heterocycles. The van der Waals surface area contributed by atoms with E-state index in [0.717, 1.165) is 27.2 Å². The van der Waals surface area contributed by atoms with Gasteiger partial charge in [-0.05, 0) is 83.9 Å². The fourth-order valence-corrected chi connectivity index (χ4v) is 5.79. The molecule has 0 aliphatic heterocycles. The lowest BCUT2D eigenvalue weighted by Crippen LogP contribution is -2.09. The topological polar surface area (TPSA) is 8.17 Å². The molecule has 7 rings (SSSR count). The van der Waals surface area contributed by atoms with Gasteiger partial charge < -0.3 is 9.47 Å². The van der Waals surface area contributed by atoms with Crippen LogP contribution in [0.5, 0.6) is 0 Å². The van der Waals surface area contributed by atoms with E-state index in [0.29, 0.717) is 0 Å². The summed E-state index contributed by atoms with van der Waals surface area (Å²) in [6.45, 7) is 0. The van der Waals surface area contributed by atoms with E-state index in [4.69, 9.17) is 0 Å². The van der Waals surface area contributed by atoms with Crippen molar-refractivity contribution in [2.45, 2.75) is 0 Å². The van der Waals surface area contributed by atoms with Gasteiger partial charge in [0.2, 0.25) is 0 Å². The minimum Gasteiger partial charge on any atom is -0.311 e. The SMILES string of the molecule is Brc1ccc2c(c1)c1ccccc1n2-c1ccc(-c2ccc(N(c3ccccc3)c3ccccc3)cc2)cc1. The van der Waals surface area contributed by atoms with Crippen LogP contribution in [0, 0.1) is 0 Å². The molecule has 6 aromatic carbocycles. The number of nitrogens with zero attached hydrogens (tertiary/aromatic N) is 2. The van der Waals surface area contributed by atoms with Crippen molar-refractivity contribution in [2.75, 3.05) is 4.90 Å². The first-order valence-corrected chi connectivity index (χ1v) is 13.9. The van der Waals surface area contributed by atoms with Crippen LogP contribution >= 0.6 is 15.9 Å². The second-order valence-electron chi connectivity index (χ2n) is 9.61. The minimum absolute atomic E-state index is 1.09. The summed E-state index contributed by atoms with van der Waals surface area (Å²) < 4.78 is 3.44. The molecule has 0 aliphatic rings. The fourth-order valence-electron chi connectivity index (χ4n) is 5.43. The predicted octanol–water partition coefficient (Wildman–Crippen LogP) is 10.7. The highest BCUT2D eigenvalue weighted by Gasteiger charge is 2.14. The Bertz CT molecular complexity index is 1850. The second kappa shape index (κ2) is 9.94. The number of para-hydroxylation sites is 3. The van der Waals surface area contributed by atoms with Gasteiger partial charge in [0.05, 0.1) is 11.0 Å². The van der Waals surface area contributed by atoms with Gasteiger partial charge in [-0.3, -0.25) is 0 Å². The number of hydrogen-bond acceptors (Lipinski definition) is 1. The molecule has 0 radical (unpaired) electrons. The molecule has 0 bridgehead atoms. The molecule has 39 heavy (non-hydrogen) atoms. The lowest BCUT2D eigenvalue weighted by molar-refractivity contribution is 1.18. The van der Waals surface area contributed by atoms with Gasteiger partial charge in [0, 0.05) is 38.0 Å². The van der Waals surface area contributed by atoms with Crippen molar-refractivity contribution in [3.05, 3.63) is 156 Å². The zero-order chi connectivity index (χ0) is 26.2. The lowest BCUT2D eigenvalue weighted by atomic mass is 10.0. The van der Waals surface area contributed by atoms with Crippen LogP contribution in [0.15, 0.2) is 156 Å². The molecule has 0 aliphatic carbocycles. The van der Waals surface area contributed by atoms with E-state index in [1.165, 1.54) is 32.9 Å². The average molecular weight is 566 g/mol. The molecule has 0 amide bonds. The van der Waals surface area contributed by atoms with Crippen LogP contribution in [-0.4, -0.2) is 4.57 Å². The molecule has 0 spiro atoms. The van der Waals surface area contributed by atoms with E-state index < -0.39 is 0 Å². The Balaban J connectivity index is 1.25. The third-order valence-corrected chi connectivity index (χ3v) is 7.74. The molecule has 2 nitrogen and oxygen atoms in total. The van der Waals surface area contributed by atoms with Crippen molar-refractivity contribution in [1.29, 1.82) is 0 Å². The quantitative estimate of drug-likeness (QED) is 0.202. The van der Waals surface area contributed by atoms with Crippen molar-refractivity contribution in [1.82, 2.24) is 4.57 Å². The minimum atomic E-state index is 1.09. The molecular weight excluding hydrogens is 540 g/mol. The maximum absolute atomic E-state index is 3.65. The van der Waals surface area contributed by atoms with Gasteiger partial charge in [0.1, 0.15) is 0 Å². The van der Waals surface area contributed by atoms with Crippen molar-refractivity contribution in [2.24, 2.45) is 0 Å². The van der Waals surface area contributed by atoms with Crippen LogP contribution in [-0.2, 0) is 0 Å². The summed E-state index contributed by atoms with van der Waals surface area (Å²) in [6, 6.07) is 53.8. The summed E-state index contributed by atoms with van der Waals surface area (Å²) >= 11 is 3.65. The second-order valence-corrected chi connectivity index (χ2v) is 10.5. The Morgan fingerprint density at radius 1 is 0.436 bits per heavy atom. The number of halogens is 1. The summed E-state index contributed by atoms with van der Waals surface area (Å²) in [6.07, 6.45) is 0. The predicted molar refractivity (Wildman–Crippen MR) is 169 cm³/mol. The van der Waals surface area contributed by atoms with Crippen LogP contribution < -0.4 is 4.90 Å². The molecule has 186 valence electrons. The Morgan fingerprint density at radius 3 is 1.59 bits per heavy atom. The molecule has 0 unspecified atom stereocenters. The first kappa shape index (κ1) is 23.5. The van der Waals surface area contributed by atoms with Crippen LogP contribution in [0.4, 0.5) is 17.1 Å². The van der Waals surface area contributed by atoms with Gasteiger partial charge >= 0.3 is 0 Å². The lowest BCUT2D eigenvalue weighted by Gasteiger charge is -2.25. The highest BCUT2D eigenvalue weighted by molar-refractivity contribution is 9.10. The first-order chi connectivity index (χ1) is 19.3. The molecule has 3 heteroatoms. The highest BCUT2D eigenvalue weighted by Crippen LogP contribution is 2.36. The van der Waals surface area contributed by atoms with Crippen LogP contribution in [0.25, 0.3) is 38.6 Å². The third-order valence-electron chi connectivity index (χ3n) is 7.25. The zero-order valence-electron chi connectivity index (χ0n) is 21.2. The highest BCUT2D eigenvalue weighted by atomic mass is 79.9. The summed E-state index contributed by atoms with van der Waals surface area (Å²) in [7, 11) is 0. The van der Waals surface area contributed by atoms with Crippen LogP contribution in [0.1, 0.15) is 0 Å². The molecule has 1 heterocycles. The van der Waals surface area contributed by atoms with E-state index in [2.05, 4.69) is 177 Å². The van der Waals surface area contributed by atoms with Gasteiger partial charge in [0.25, 0.3) is 0 Å². The van der Waals surface area contributed by atoms with Gasteiger partial charge in [-0.25, -0.2) is 0 Å². The summed E-state index contributed by atoms with van der Waals surface area (Å²) in [5.74, 6) is 0. The number of rotatable bonds is 5. The Morgan fingerprint density at radius 2 is 0.949 bits per heavy atom. The maximum atomic E-state index is 3.65. The van der Waals surface area contributed by atoms with E-state index in [1.54, 1.807) is 0 Å². The van der Waals surface area contributed by atoms with Crippen LogP contribution in [0.3, 0.4) is 0 Å². The van der Waals surface area contributed by atoms with Gasteiger partial charge in [-0.1, -0.05) is 94.8 Å². The first-order valence-electron chi connectivity index (χ1n) is 13.1. The summed E-state index contributed by atoms with van der Waals surface area (Å²) in [5.41, 5.74) is 9.37. The van der Waals surface area contributed by atoms with Crippen molar-refractivity contribution >= 4 is 54.8 Å². The van der Waals surface area contributed by atoms with Gasteiger partial charge in [-0.2, -0.15) is 0 Å². The molecule has 7 aromatic rings. The number of hydrogen-bond donors (Lipinski definition) is 0. The van der Waals surface area contributed by atoms with E-state index in [1.807, 2.05) is 0 Å². The number of aromatic nitrogens is 1. The standard InChI is InChI=1S/C36H25BrN2/c37-28-19-24-36-34(25-28)33-13-7-8-14-35(33)39(36)32-22-17-27(18-23-32)26-15-20-31(21-16-26)38(29-9-3-1-4-10-29)30-11-5-2-6-12-30/h1-25H. The van der Waals surface area contributed by atoms with Gasteiger partial charge in [-0.15, -0.1) is 0 Å². The van der Waals surface area contributed by atoms with Gasteiger partial charge in [0.15, 0.2) is 0 Å². The summed E-state index contributed by atoms with van der Waals surface area (Å²) in [5, 5.41) is 2.51. The molecule has 0 saturated carbocycles. The number of benzene rings is 6. The zero-order valence-corrected chi connectivity index (χ0v) is 22.8. The normalized spacial score (nSPS) is 11.2.